The minimum Gasteiger partial charge on any atom is -0.380 e. The number of likely N-dealkylation sites (tertiary alicyclic amines) is 1. The number of rotatable bonds is 9. The van der Waals surface area contributed by atoms with Gasteiger partial charge in [0, 0.05) is 48.4 Å². The van der Waals surface area contributed by atoms with Gasteiger partial charge in [0.05, 0.1) is 31.6 Å². The lowest BCUT2D eigenvalue weighted by molar-refractivity contribution is -0.191. The van der Waals surface area contributed by atoms with Crippen LogP contribution in [0.3, 0.4) is 0 Å². The lowest BCUT2D eigenvalue weighted by Gasteiger charge is -2.55. The Morgan fingerprint density at radius 3 is 2.66 bits per heavy atom. The average molecular weight is 562 g/mol. The van der Waals surface area contributed by atoms with Crippen LogP contribution in [0.4, 0.5) is 20.3 Å². The highest BCUT2D eigenvalue weighted by atomic mass is 19.3. The fourth-order valence-corrected chi connectivity index (χ4v) is 5.68. The number of aryl methyl sites for hydroxylation is 2. The Morgan fingerprint density at radius 1 is 1.15 bits per heavy atom. The third kappa shape index (κ3) is 5.51. The molecule has 0 unspecified atom stereocenters. The van der Waals surface area contributed by atoms with Crippen LogP contribution in [0.2, 0.25) is 0 Å². The van der Waals surface area contributed by atoms with Crippen molar-refractivity contribution in [2.75, 3.05) is 36.9 Å². The first kappa shape index (κ1) is 27.2. The Labute approximate surface area is 236 Å². The zero-order chi connectivity index (χ0) is 28.7. The lowest BCUT2D eigenvalue weighted by atomic mass is 9.78. The Hall–Kier alpha value is -3.96. The van der Waals surface area contributed by atoms with E-state index in [0.29, 0.717) is 29.3 Å². The Morgan fingerprint density at radius 2 is 1.95 bits per heavy atom. The largest absolute Gasteiger partial charge is 0.380 e. The number of nitrogens with zero attached hydrogens (tertiary/aromatic N) is 5. The number of hydrogen-bond acceptors (Lipinski definition) is 7. The van der Waals surface area contributed by atoms with Crippen molar-refractivity contribution in [2.24, 2.45) is 5.41 Å². The highest BCUT2D eigenvalue weighted by Gasteiger charge is 2.48. The molecule has 2 aromatic heterocycles. The molecule has 2 N–H and O–H groups in total. The molecule has 2 aliphatic rings. The van der Waals surface area contributed by atoms with Crippen LogP contribution >= 0.6 is 0 Å². The summed E-state index contributed by atoms with van der Waals surface area (Å²) >= 11 is 0. The van der Waals surface area contributed by atoms with Gasteiger partial charge in [-0.25, -0.2) is 18.7 Å². The third-order valence-corrected chi connectivity index (χ3v) is 7.94. The van der Waals surface area contributed by atoms with Crippen molar-refractivity contribution in [1.82, 2.24) is 24.6 Å². The first-order valence-electron chi connectivity index (χ1n) is 13.8. The molecule has 2 aliphatic heterocycles. The van der Waals surface area contributed by atoms with Gasteiger partial charge in [-0.1, -0.05) is 12.1 Å². The first-order chi connectivity index (χ1) is 19.7. The number of ether oxygens (including phenoxy) is 1. The summed E-state index contributed by atoms with van der Waals surface area (Å²) in [6, 6.07) is 10.0. The molecule has 11 heteroatoms. The molecule has 0 bridgehead atoms. The van der Waals surface area contributed by atoms with Crippen LogP contribution in [0.25, 0.3) is 11.2 Å². The number of nitrogens with one attached hydrogen (secondary N) is 2. The van der Waals surface area contributed by atoms with Crippen molar-refractivity contribution in [3.63, 3.8) is 0 Å². The van der Waals surface area contributed by atoms with Gasteiger partial charge < -0.3 is 15.4 Å². The molecule has 2 aromatic carbocycles. The van der Waals surface area contributed by atoms with E-state index in [4.69, 9.17) is 4.74 Å². The van der Waals surface area contributed by atoms with Gasteiger partial charge in [0.15, 0.2) is 0 Å². The quantitative estimate of drug-likeness (QED) is 0.284. The summed E-state index contributed by atoms with van der Waals surface area (Å²) in [7, 11) is 0. The zero-order valence-corrected chi connectivity index (χ0v) is 23.3. The van der Waals surface area contributed by atoms with Gasteiger partial charge in [-0.15, -0.1) is 0 Å². The second-order valence-electron chi connectivity index (χ2n) is 11.2. The van der Waals surface area contributed by atoms with Crippen molar-refractivity contribution in [2.45, 2.75) is 46.3 Å². The SMILES string of the molecule is CCn1cc2ncc(N[C@@H](C)c3cc(NC(=O)c4ccc(CN5CC6(COC6)C5)c(C(F)F)c4)ccc3C)nc2n1. The van der Waals surface area contributed by atoms with Crippen LogP contribution < -0.4 is 10.6 Å². The number of halogens is 2. The summed E-state index contributed by atoms with van der Waals surface area (Å²) < 4.78 is 35.0. The van der Waals surface area contributed by atoms with E-state index < -0.39 is 12.3 Å². The van der Waals surface area contributed by atoms with E-state index in [1.807, 2.05) is 39.1 Å². The molecule has 4 heterocycles. The Bertz CT molecular complexity index is 1590. The summed E-state index contributed by atoms with van der Waals surface area (Å²) in [4.78, 5) is 24.3. The molecule has 0 aliphatic carbocycles. The molecule has 2 fully saturated rings. The summed E-state index contributed by atoms with van der Waals surface area (Å²) in [6.07, 6.45) is 0.861. The van der Waals surface area contributed by atoms with E-state index in [2.05, 4.69) is 30.6 Å². The Kier molecular flexibility index (Phi) is 7.16. The van der Waals surface area contributed by atoms with Gasteiger partial charge >= 0.3 is 0 Å². The molecule has 1 amide bonds. The maximum Gasteiger partial charge on any atom is 0.264 e. The highest BCUT2D eigenvalue weighted by Crippen LogP contribution is 2.39. The van der Waals surface area contributed by atoms with Crippen LogP contribution in [0.15, 0.2) is 48.8 Å². The van der Waals surface area contributed by atoms with Crippen LogP contribution in [0.1, 0.15) is 58.9 Å². The molecule has 214 valence electrons. The third-order valence-electron chi connectivity index (χ3n) is 7.94. The minimum atomic E-state index is -2.67. The molecule has 6 rings (SSSR count). The molecule has 41 heavy (non-hydrogen) atoms. The van der Waals surface area contributed by atoms with Gasteiger partial charge in [-0.05, 0) is 61.7 Å². The number of alkyl halides is 2. The molecule has 2 saturated heterocycles. The number of carbonyl (C=O) groups excluding carboxylic acids is 1. The van der Waals surface area contributed by atoms with E-state index in [-0.39, 0.29) is 22.6 Å². The number of carbonyl (C=O) groups is 1. The van der Waals surface area contributed by atoms with Crippen LogP contribution in [0.5, 0.6) is 0 Å². The normalized spacial score (nSPS) is 16.9. The summed E-state index contributed by atoms with van der Waals surface area (Å²) in [6.45, 7) is 10.4. The Balaban J connectivity index is 1.14. The number of anilines is 2. The fraction of sp³-hybridized carbons (Fsp3) is 0.400. The van der Waals surface area contributed by atoms with Gasteiger partial charge in [-0.2, -0.15) is 5.10 Å². The molecule has 0 radical (unpaired) electrons. The maximum absolute atomic E-state index is 14.0. The smallest absolute Gasteiger partial charge is 0.264 e. The van der Waals surface area contributed by atoms with Crippen molar-refractivity contribution >= 4 is 28.6 Å². The van der Waals surface area contributed by atoms with E-state index in [1.54, 1.807) is 29.1 Å². The molecule has 1 spiro atoms. The minimum absolute atomic E-state index is 0.104. The number of fused-ring (bicyclic) bond motifs is 1. The molecular formula is C30H33F2N7O2. The second kappa shape index (κ2) is 10.8. The summed E-state index contributed by atoms with van der Waals surface area (Å²) in [5.41, 5.74) is 4.70. The molecular weight excluding hydrogens is 528 g/mol. The maximum atomic E-state index is 14.0. The van der Waals surface area contributed by atoms with E-state index in [1.165, 1.54) is 6.07 Å². The van der Waals surface area contributed by atoms with Crippen molar-refractivity contribution in [3.8, 4) is 0 Å². The second-order valence-corrected chi connectivity index (χ2v) is 11.2. The van der Waals surface area contributed by atoms with Gasteiger partial charge in [0.2, 0.25) is 5.65 Å². The predicted molar refractivity (Wildman–Crippen MR) is 152 cm³/mol. The van der Waals surface area contributed by atoms with E-state index in [9.17, 15) is 13.6 Å². The lowest BCUT2D eigenvalue weighted by Crippen LogP contribution is -2.65. The molecule has 0 saturated carbocycles. The standard InChI is InChI=1S/C30H33F2N7O2/c1-4-39-13-25-28(37-39)36-26(11-33-25)34-19(3)23-10-22(8-5-18(23)2)35-29(40)20-6-7-21(24(9-20)27(31)32)12-38-14-30(15-38)16-41-17-30/h5-11,13,19,27H,4,12,14-17H2,1-3H3,(H,35,40)(H,34,36,37)/t19-/m0/s1. The van der Waals surface area contributed by atoms with Gasteiger partial charge in [-0.3, -0.25) is 14.4 Å². The van der Waals surface area contributed by atoms with E-state index in [0.717, 1.165) is 49.5 Å². The topological polar surface area (TPSA) is 97.2 Å². The number of benzene rings is 2. The van der Waals surface area contributed by atoms with Gasteiger partial charge in [0.25, 0.3) is 12.3 Å². The van der Waals surface area contributed by atoms with Crippen LogP contribution in [-0.2, 0) is 17.8 Å². The monoisotopic (exact) mass is 561 g/mol. The number of amides is 1. The van der Waals surface area contributed by atoms with Crippen LogP contribution in [0, 0.1) is 12.3 Å². The molecule has 9 nitrogen and oxygen atoms in total. The zero-order valence-electron chi connectivity index (χ0n) is 23.3. The van der Waals surface area contributed by atoms with Crippen molar-refractivity contribution in [1.29, 1.82) is 0 Å². The van der Waals surface area contributed by atoms with Gasteiger partial charge in [0.1, 0.15) is 11.3 Å². The first-order valence-corrected chi connectivity index (χ1v) is 13.8. The summed E-state index contributed by atoms with van der Waals surface area (Å²) in [5, 5.41) is 10.7. The van der Waals surface area contributed by atoms with Crippen LogP contribution in [-0.4, -0.2) is 56.9 Å². The fourth-order valence-electron chi connectivity index (χ4n) is 5.68. The average Bonchev–Trinajstić information content (AvgIpc) is 3.33. The molecule has 4 aromatic rings. The van der Waals surface area contributed by atoms with Crippen molar-refractivity contribution < 1.29 is 18.3 Å². The predicted octanol–water partition coefficient (Wildman–Crippen LogP) is 5.35. The highest BCUT2D eigenvalue weighted by molar-refractivity contribution is 6.04. The summed E-state index contributed by atoms with van der Waals surface area (Å²) in [5.74, 6) is 0.153. The number of aromatic nitrogens is 4. The van der Waals surface area contributed by atoms with E-state index >= 15 is 0 Å². The number of hydrogen-bond donors (Lipinski definition) is 2. The molecule has 1 atom stereocenters. The van der Waals surface area contributed by atoms with Crippen molar-refractivity contribution in [3.05, 3.63) is 76.6 Å².